The van der Waals surface area contributed by atoms with E-state index in [1.165, 1.54) is 11.3 Å². The van der Waals surface area contributed by atoms with Crippen LogP contribution in [0.15, 0.2) is 59.6 Å². The third-order valence-corrected chi connectivity index (χ3v) is 4.71. The second-order valence-corrected chi connectivity index (χ2v) is 6.51. The van der Waals surface area contributed by atoms with Crippen molar-refractivity contribution in [1.29, 1.82) is 0 Å². The first-order valence-electron chi connectivity index (χ1n) is 9.18. The molecule has 1 aliphatic rings. The van der Waals surface area contributed by atoms with Gasteiger partial charge in [-0.05, 0) is 42.7 Å². The van der Waals surface area contributed by atoms with E-state index >= 15 is 0 Å². The van der Waals surface area contributed by atoms with Gasteiger partial charge in [-0.25, -0.2) is 0 Å². The maximum absolute atomic E-state index is 5.28. The third-order valence-electron chi connectivity index (χ3n) is 4.71. The molecule has 6 heteroatoms. The van der Waals surface area contributed by atoms with E-state index in [1.807, 2.05) is 19.2 Å². The molecule has 1 fully saturated rings. The molecule has 0 amide bonds. The van der Waals surface area contributed by atoms with Crippen molar-refractivity contribution < 1.29 is 4.74 Å². The van der Waals surface area contributed by atoms with Crippen molar-refractivity contribution in [1.82, 2.24) is 10.6 Å². The highest BCUT2D eigenvalue weighted by Crippen LogP contribution is 2.19. The molecule has 5 nitrogen and oxygen atoms in total. The zero-order chi connectivity index (χ0) is 18.2. The summed E-state index contributed by atoms with van der Waals surface area (Å²) in [6, 6.07) is 19.2. The molecule has 0 aliphatic carbocycles. The van der Waals surface area contributed by atoms with Gasteiger partial charge < -0.3 is 20.3 Å². The smallest absolute Gasteiger partial charge is 0.191 e. The molecule has 0 saturated carbocycles. The Morgan fingerprint density at radius 2 is 2.00 bits per heavy atom. The maximum atomic E-state index is 5.28. The molecule has 0 aromatic heterocycles. The minimum absolute atomic E-state index is 0. The SMILES string of the molecule is CN=C(NCCc1cccc(OC)c1)NC1CCN(c2ccccc2)C1.I. The first-order chi connectivity index (χ1) is 12.8. The lowest BCUT2D eigenvalue weighted by molar-refractivity contribution is 0.414. The van der Waals surface area contributed by atoms with Crippen molar-refractivity contribution in [2.45, 2.75) is 18.9 Å². The van der Waals surface area contributed by atoms with Crippen LogP contribution in [0.2, 0.25) is 0 Å². The van der Waals surface area contributed by atoms with E-state index in [0.29, 0.717) is 6.04 Å². The Bertz CT molecular complexity index is 723. The first-order valence-corrected chi connectivity index (χ1v) is 9.18. The number of benzene rings is 2. The fourth-order valence-electron chi connectivity index (χ4n) is 3.29. The van der Waals surface area contributed by atoms with Gasteiger partial charge in [-0.15, -0.1) is 24.0 Å². The topological polar surface area (TPSA) is 48.9 Å². The van der Waals surface area contributed by atoms with Crippen LogP contribution in [0.1, 0.15) is 12.0 Å². The van der Waals surface area contributed by atoms with Crippen LogP contribution < -0.4 is 20.3 Å². The van der Waals surface area contributed by atoms with Gasteiger partial charge in [-0.2, -0.15) is 0 Å². The van der Waals surface area contributed by atoms with Gasteiger partial charge in [0.2, 0.25) is 0 Å². The van der Waals surface area contributed by atoms with Crippen molar-refractivity contribution in [3.05, 3.63) is 60.2 Å². The van der Waals surface area contributed by atoms with Crippen molar-refractivity contribution in [3.63, 3.8) is 0 Å². The second kappa shape index (κ2) is 11.0. The average molecular weight is 480 g/mol. The first kappa shape index (κ1) is 21.3. The molecule has 0 bridgehead atoms. The quantitative estimate of drug-likeness (QED) is 0.379. The zero-order valence-electron chi connectivity index (χ0n) is 16.0. The molecular formula is C21H29IN4O. The number of methoxy groups -OCH3 is 1. The molecule has 27 heavy (non-hydrogen) atoms. The number of aliphatic imine (C=N–C) groups is 1. The van der Waals surface area contributed by atoms with Crippen LogP contribution in [0.25, 0.3) is 0 Å². The van der Waals surface area contributed by atoms with Gasteiger partial charge in [0.05, 0.1) is 7.11 Å². The normalized spacial score (nSPS) is 16.6. The van der Waals surface area contributed by atoms with Gasteiger partial charge in [0, 0.05) is 38.4 Å². The van der Waals surface area contributed by atoms with Crippen LogP contribution >= 0.6 is 24.0 Å². The Morgan fingerprint density at radius 3 is 2.74 bits per heavy atom. The van der Waals surface area contributed by atoms with Crippen molar-refractivity contribution in [2.75, 3.05) is 38.7 Å². The lowest BCUT2D eigenvalue weighted by atomic mass is 10.1. The van der Waals surface area contributed by atoms with Crippen LogP contribution in [0.3, 0.4) is 0 Å². The largest absolute Gasteiger partial charge is 0.497 e. The summed E-state index contributed by atoms with van der Waals surface area (Å²) in [6.07, 6.45) is 2.05. The van der Waals surface area contributed by atoms with Crippen molar-refractivity contribution >= 4 is 35.6 Å². The lowest BCUT2D eigenvalue weighted by Gasteiger charge is -2.20. The number of rotatable bonds is 6. The Hall–Kier alpha value is -1.96. The molecule has 1 aliphatic heterocycles. The summed E-state index contributed by atoms with van der Waals surface area (Å²) in [5.74, 6) is 1.77. The number of nitrogens with one attached hydrogen (secondary N) is 2. The number of hydrogen-bond donors (Lipinski definition) is 2. The van der Waals surface area contributed by atoms with E-state index in [0.717, 1.165) is 44.2 Å². The monoisotopic (exact) mass is 480 g/mol. The molecule has 0 radical (unpaired) electrons. The molecule has 2 aromatic rings. The highest BCUT2D eigenvalue weighted by atomic mass is 127. The van der Waals surface area contributed by atoms with E-state index in [2.05, 4.69) is 63.0 Å². The van der Waals surface area contributed by atoms with E-state index < -0.39 is 0 Å². The number of ether oxygens (including phenoxy) is 1. The van der Waals surface area contributed by atoms with E-state index in [1.54, 1.807) is 7.11 Å². The highest BCUT2D eigenvalue weighted by Gasteiger charge is 2.23. The number of anilines is 1. The fraction of sp³-hybridized carbons (Fsp3) is 0.381. The minimum atomic E-state index is 0. The second-order valence-electron chi connectivity index (χ2n) is 6.51. The standard InChI is InChI=1S/C21H28N4O.HI/c1-22-21(23-13-11-17-7-6-10-20(15-17)26-2)24-18-12-14-25(16-18)19-8-4-3-5-9-19;/h3-10,15,18H,11-14,16H2,1-2H3,(H2,22,23,24);1H. The predicted molar refractivity (Wildman–Crippen MR) is 124 cm³/mol. The van der Waals surface area contributed by atoms with Crippen LogP contribution in [0.4, 0.5) is 5.69 Å². The zero-order valence-corrected chi connectivity index (χ0v) is 18.4. The molecule has 1 atom stereocenters. The molecule has 2 aromatic carbocycles. The van der Waals surface area contributed by atoms with Gasteiger partial charge in [0.1, 0.15) is 5.75 Å². The van der Waals surface area contributed by atoms with Crippen LogP contribution in [0.5, 0.6) is 5.75 Å². The molecular weight excluding hydrogens is 451 g/mol. The highest BCUT2D eigenvalue weighted by molar-refractivity contribution is 14.0. The Kier molecular flexibility index (Phi) is 8.71. The van der Waals surface area contributed by atoms with Crippen LogP contribution in [0, 0.1) is 0 Å². The Morgan fingerprint density at radius 1 is 1.19 bits per heavy atom. The predicted octanol–water partition coefficient (Wildman–Crippen LogP) is 3.30. The average Bonchev–Trinajstić information content (AvgIpc) is 3.16. The van der Waals surface area contributed by atoms with E-state index in [-0.39, 0.29) is 24.0 Å². The van der Waals surface area contributed by atoms with Crippen molar-refractivity contribution in [3.8, 4) is 5.75 Å². The lowest BCUT2D eigenvalue weighted by Crippen LogP contribution is -2.45. The third kappa shape index (κ3) is 6.30. The summed E-state index contributed by atoms with van der Waals surface area (Å²) < 4.78 is 5.28. The summed E-state index contributed by atoms with van der Waals surface area (Å²) in [4.78, 5) is 6.78. The number of hydrogen-bond acceptors (Lipinski definition) is 3. The molecule has 1 saturated heterocycles. The number of guanidine groups is 1. The summed E-state index contributed by atoms with van der Waals surface area (Å²) >= 11 is 0. The number of para-hydroxylation sites is 1. The Labute approximate surface area is 179 Å². The van der Waals surface area contributed by atoms with Crippen LogP contribution in [-0.4, -0.2) is 45.8 Å². The number of nitrogens with zero attached hydrogens (tertiary/aromatic N) is 2. The van der Waals surface area contributed by atoms with Crippen molar-refractivity contribution in [2.24, 2.45) is 4.99 Å². The van der Waals surface area contributed by atoms with Gasteiger partial charge in [-0.1, -0.05) is 30.3 Å². The van der Waals surface area contributed by atoms with E-state index in [4.69, 9.17) is 4.74 Å². The molecule has 1 unspecified atom stereocenters. The van der Waals surface area contributed by atoms with Gasteiger partial charge in [0.25, 0.3) is 0 Å². The molecule has 0 spiro atoms. The summed E-state index contributed by atoms with van der Waals surface area (Å²) in [6.45, 7) is 2.91. The fourth-order valence-corrected chi connectivity index (χ4v) is 3.29. The number of halogens is 1. The molecule has 1 heterocycles. The maximum Gasteiger partial charge on any atom is 0.191 e. The van der Waals surface area contributed by atoms with E-state index in [9.17, 15) is 0 Å². The Balaban J connectivity index is 0.00000261. The van der Waals surface area contributed by atoms with Gasteiger partial charge >= 0.3 is 0 Å². The summed E-state index contributed by atoms with van der Waals surface area (Å²) in [7, 11) is 3.52. The van der Waals surface area contributed by atoms with Gasteiger partial charge in [0.15, 0.2) is 5.96 Å². The molecule has 3 rings (SSSR count). The minimum Gasteiger partial charge on any atom is -0.497 e. The van der Waals surface area contributed by atoms with Gasteiger partial charge in [-0.3, -0.25) is 4.99 Å². The molecule has 146 valence electrons. The molecule has 2 N–H and O–H groups in total. The van der Waals surface area contributed by atoms with Crippen LogP contribution in [-0.2, 0) is 6.42 Å². The summed E-state index contributed by atoms with van der Waals surface area (Å²) in [5, 5.41) is 6.96. The summed E-state index contributed by atoms with van der Waals surface area (Å²) in [5.41, 5.74) is 2.54.